The van der Waals surface area contributed by atoms with Crippen LogP contribution >= 0.6 is 0 Å². The molecule has 1 aromatic heterocycles. The zero-order chi connectivity index (χ0) is 10.8. The van der Waals surface area contributed by atoms with Gasteiger partial charge in [-0.25, -0.2) is 9.97 Å². The van der Waals surface area contributed by atoms with Gasteiger partial charge in [-0.15, -0.1) is 0 Å². The van der Waals surface area contributed by atoms with Gasteiger partial charge < -0.3 is 4.90 Å². The summed E-state index contributed by atoms with van der Waals surface area (Å²) in [7, 11) is 0. The molecule has 2 rings (SSSR count). The van der Waals surface area contributed by atoms with E-state index in [2.05, 4.69) is 9.97 Å². The first-order chi connectivity index (χ1) is 7.18. The Labute approximate surface area is 89.3 Å². The van der Waals surface area contributed by atoms with E-state index in [1.807, 2.05) is 24.9 Å². The number of fused-ring (bicyclic) bond motifs is 1. The van der Waals surface area contributed by atoms with Crippen molar-refractivity contribution >= 4 is 5.91 Å². The normalized spacial score (nSPS) is 15.3. The summed E-state index contributed by atoms with van der Waals surface area (Å²) in [6.07, 6.45) is 4.22. The Hall–Kier alpha value is -1.45. The summed E-state index contributed by atoms with van der Waals surface area (Å²) >= 11 is 0. The number of nitrogens with zero attached hydrogens (tertiary/aromatic N) is 3. The number of rotatable bonds is 1. The van der Waals surface area contributed by atoms with Crippen LogP contribution in [-0.4, -0.2) is 27.3 Å². The second kappa shape index (κ2) is 3.96. The van der Waals surface area contributed by atoms with Crippen LogP contribution in [0.4, 0.5) is 0 Å². The van der Waals surface area contributed by atoms with Gasteiger partial charge in [0.15, 0.2) is 0 Å². The van der Waals surface area contributed by atoms with Crippen molar-refractivity contribution in [2.45, 2.75) is 26.8 Å². The van der Waals surface area contributed by atoms with Crippen LogP contribution in [0.2, 0.25) is 0 Å². The van der Waals surface area contributed by atoms with E-state index in [0.29, 0.717) is 6.54 Å². The standard InChI is InChI=1S/C11H15N3O/c1-8(2)11(15)14-4-3-10-9(6-14)5-12-7-13-10/h5,7-8H,3-4,6H2,1-2H3. The number of carbonyl (C=O) groups excluding carboxylic acids is 1. The van der Waals surface area contributed by atoms with Crippen LogP contribution in [0, 0.1) is 5.92 Å². The van der Waals surface area contributed by atoms with Crippen molar-refractivity contribution in [3.8, 4) is 0 Å². The molecule has 2 heterocycles. The van der Waals surface area contributed by atoms with E-state index in [4.69, 9.17) is 0 Å². The average Bonchev–Trinajstić information content (AvgIpc) is 2.27. The van der Waals surface area contributed by atoms with Gasteiger partial charge in [0.2, 0.25) is 5.91 Å². The summed E-state index contributed by atoms with van der Waals surface area (Å²) in [5.41, 5.74) is 2.16. The van der Waals surface area contributed by atoms with Gasteiger partial charge in [-0.05, 0) is 0 Å². The molecule has 0 atom stereocenters. The van der Waals surface area contributed by atoms with Gasteiger partial charge in [0.25, 0.3) is 0 Å². The van der Waals surface area contributed by atoms with Gasteiger partial charge in [-0.1, -0.05) is 13.8 Å². The van der Waals surface area contributed by atoms with Crippen molar-refractivity contribution in [3.63, 3.8) is 0 Å². The minimum atomic E-state index is 0.0659. The third-order valence-electron chi connectivity index (χ3n) is 2.67. The maximum Gasteiger partial charge on any atom is 0.225 e. The molecule has 1 aliphatic rings. The molecule has 1 amide bonds. The topological polar surface area (TPSA) is 46.1 Å². The summed E-state index contributed by atoms with van der Waals surface area (Å²) in [6.45, 7) is 5.30. The summed E-state index contributed by atoms with van der Waals surface area (Å²) in [5.74, 6) is 0.278. The van der Waals surface area contributed by atoms with E-state index in [1.54, 1.807) is 6.33 Å². The molecule has 1 aliphatic heterocycles. The molecule has 0 N–H and O–H groups in total. The SMILES string of the molecule is CC(C)C(=O)N1CCc2ncncc2C1. The van der Waals surface area contributed by atoms with E-state index in [9.17, 15) is 4.79 Å². The lowest BCUT2D eigenvalue weighted by molar-refractivity contribution is -0.135. The Morgan fingerprint density at radius 1 is 1.53 bits per heavy atom. The number of hydrogen-bond donors (Lipinski definition) is 0. The highest BCUT2D eigenvalue weighted by Crippen LogP contribution is 2.17. The predicted molar refractivity (Wildman–Crippen MR) is 56.0 cm³/mol. The molecule has 15 heavy (non-hydrogen) atoms. The molecule has 4 heteroatoms. The Bertz CT molecular complexity index is 376. The van der Waals surface area contributed by atoms with E-state index in [0.717, 1.165) is 24.2 Å². The number of amides is 1. The van der Waals surface area contributed by atoms with Crippen molar-refractivity contribution in [2.75, 3.05) is 6.54 Å². The van der Waals surface area contributed by atoms with Gasteiger partial charge in [0, 0.05) is 37.2 Å². The second-order valence-electron chi connectivity index (χ2n) is 4.16. The molecular weight excluding hydrogens is 190 g/mol. The van der Waals surface area contributed by atoms with Crippen molar-refractivity contribution < 1.29 is 4.79 Å². The Balaban J connectivity index is 2.15. The minimum Gasteiger partial charge on any atom is -0.338 e. The largest absolute Gasteiger partial charge is 0.338 e. The second-order valence-corrected chi connectivity index (χ2v) is 4.16. The molecule has 0 fully saturated rings. The van der Waals surface area contributed by atoms with Gasteiger partial charge >= 0.3 is 0 Å². The maximum absolute atomic E-state index is 11.8. The van der Waals surface area contributed by atoms with Gasteiger partial charge in [0.05, 0.1) is 5.69 Å². The summed E-state index contributed by atoms with van der Waals surface area (Å²) in [5, 5.41) is 0. The first kappa shape index (κ1) is 10.1. The number of aromatic nitrogens is 2. The van der Waals surface area contributed by atoms with Crippen LogP contribution in [0.3, 0.4) is 0 Å². The molecule has 0 aromatic carbocycles. The first-order valence-corrected chi connectivity index (χ1v) is 5.25. The summed E-state index contributed by atoms with van der Waals surface area (Å²) in [4.78, 5) is 21.9. The fourth-order valence-electron chi connectivity index (χ4n) is 1.82. The molecule has 0 spiro atoms. The molecule has 1 aromatic rings. The van der Waals surface area contributed by atoms with Gasteiger partial charge in [-0.3, -0.25) is 4.79 Å². The van der Waals surface area contributed by atoms with Gasteiger partial charge in [0.1, 0.15) is 6.33 Å². The third kappa shape index (κ3) is 1.98. The quantitative estimate of drug-likeness (QED) is 0.687. The van der Waals surface area contributed by atoms with Crippen LogP contribution in [-0.2, 0) is 17.8 Å². The maximum atomic E-state index is 11.8. The highest BCUT2D eigenvalue weighted by atomic mass is 16.2. The van der Waals surface area contributed by atoms with Crippen LogP contribution < -0.4 is 0 Å². The zero-order valence-corrected chi connectivity index (χ0v) is 9.10. The van der Waals surface area contributed by atoms with Crippen molar-refractivity contribution in [2.24, 2.45) is 5.92 Å². The summed E-state index contributed by atoms with van der Waals surface area (Å²) in [6, 6.07) is 0. The molecule has 0 saturated heterocycles. The lowest BCUT2D eigenvalue weighted by atomic mass is 10.1. The van der Waals surface area contributed by atoms with Crippen LogP contribution in [0.5, 0.6) is 0 Å². The van der Waals surface area contributed by atoms with E-state index in [-0.39, 0.29) is 11.8 Å². The Morgan fingerprint density at radius 2 is 2.33 bits per heavy atom. The minimum absolute atomic E-state index is 0.0659. The van der Waals surface area contributed by atoms with Crippen molar-refractivity contribution in [3.05, 3.63) is 23.8 Å². The average molecular weight is 205 g/mol. The predicted octanol–water partition coefficient (Wildman–Crippen LogP) is 1.02. The highest BCUT2D eigenvalue weighted by Gasteiger charge is 2.22. The molecule has 0 unspecified atom stereocenters. The molecular formula is C11H15N3O. The molecule has 0 saturated carbocycles. The third-order valence-corrected chi connectivity index (χ3v) is 2.67. The van der Waals surface area contributed by atoms with Crippen molar-refractivity contribution in [1.29, 1.82) is 0 Å². The molecule has 80 valence electrons. The lowest BCUT2D eigenvalue weighted by Crippen LogP contribution is -2.38. The van der Waals surface area contributed by atoms with Crippen LogP contribution in [0.15, 0.2) is 12.5 Å². The highest BCUT2D eigenvalue weighted by molar-refractivity contribution is 5.78. The van der Waals surface area contributed by atoms with Crippen molar-refractivity contribution in [1.82, 2.24) is 14.9 Å². The Kier molecular flexibility index (Phi) is 2.66. The van der Waals surface area contributed by atoms with E-state index in [1.165, 1.54) is 0 Å². The van der Waals surface area contributed by atoms with Crippen LogP contribution in [0.25, 0.3) is 0 Å². The fraction of sp³-hybridized carbons (Fsp3) is 0.545. The molecule has 0 aliphatic carbocycles. The lowest BCUT2D eigenvalue weighted by Gasteiger charge is -2.29. The number of carbonyl (C=O) groups is 1. The van der Waals surface area contributed by atoms with E-state index >= 15 is 0 Å². The smallest absolute Gasteiger partial charge is 0.225 e. The fourth-order valence-corrected chi connectivity index (χ4v) is 1.82. The first-order valence-electron chi connectivity index (χ1n) is 5.25. The summed E-state index contributed by atoms with van der Waals surface area (Å²) < 4.78 is 0. The van der Waals surface area contributed by atoms with Crippen LogP contribution in [0.1, 0.15) is 25.1 Å². The van der Waals surface area contributed by atoms with Gasteiger partial charge in [-0.2, -0.15) is 0 Å². The molecule has 4 nitrogen and oxygen atoms in total. The molecule has 0 bridgehead atoms. The number of hydrogen-bond acceptors (Lipinski definition) is 3. The van der Waals surface area contributed by atoms with E-state index < -0.39 is 0 Å². The molecule has 0 radical (unpaired) electrons. The Morgan fingerprint density at radius 3 is 3.07 bits per heavy atom. The zero-order valence-electron chi connectivity index (χ0n) is 9.10. The monoisotopic (exact) mass is 205 g/mol.